The van der Waals surface area contributed by atoms with E-state index < -0.39 is 0 Å². The molecule has 1 amide bonds. The Kier molecular flexibility index (Phi) is 4.03. The quantitative estimate of drug-likeness (QED) is 0.647. The zero-order chi connectivity index (χ0) is 9.52. The van der Waals surface area contributed by atoms with Gasteiger partial charge in [0, 0.05) is 12.1 Å². The summed E-state index contributed by atoms with van der Waals surface area (Å²) in [6.07, 6.45) is 2.06. The first-order valence-corrected chi connectivity index (χ1v) is 4.61. The fourth-order valence-corrected chi connectivity index (χ4v) is 1.01. The van der Waals surface area contributed by atoms with Crippen molar-refractivity contribution < 1.29 is 4.79 Å². The lowest BCUT2D eigenvalue weighted by Gasteiger charge is -1.99. The van der Waals surface area contributed by atoms with Crippen LogP contribution in [0.1, 0.15) is 30.1 Å². The van der Waals surface area contributed by atoms with E-state index in [1.165, 1.54) is 0 Å². The molecule has 0 aliphatic carbocycles. The third-order valence-corrected chi connectivity index (χ3v) is 1.79. The van der Waals surface area contributed by atoms with Gasteiger partial charge in [0.1, 0.15) is 0 Å². The van der Waals surface area contributed by atoms with E-state index in [4.69, 9.17) is 0 Å². The Bertz CT molecular complexity index is 256. The van der Waals surface area contributed by atoms with Crippen LogP contribution in [0.4, 0.5) is 0 Å². The standard InChI is InChI=1S/C11H14NO/c1-2-3-9-12-11(13)10-7-5-4-6-8-10/h4-8H,2-3,9H2,1H3. The normalized spacial score (nSPS) is 9.62. The van der Waals surface area contributed by atoms with Gasteiger partial charge in [-0.1, -0.05) is 31.5 Å². The summed E-state index contributed by atoms with van der Waals surface area (Å²) in [4.78, 5) is 11.4. The number of carbonyl (C=O) groups is 1. The molecule has 0 spiro atoms. The first-order chi connectivity index (χ1) is 6.34. The summed E-state index contributed by atoms with van der Waals surface area (Å²) < 4.78 is 0. The van der Waals surface area contributed by atoms with E-state index in [2.05, 4.69) is 12.2 Å². The van der Waals surface area contributed by atoms with Crippen LogP contribution in [-0.4, -0.2) is 12.5 Å². The molecule has 13 heavy (non-hydrogen) atoms. The van der Waals surface area contributed by atoms with E-state index in [0.717, 1.165) is 12.8 Å². The number of benzene rings is 1. The first-order valence-electron chi connectivity index (χ1n) is 4.61. The Morgan fingerprint density at radius 1 is 1.31 bits per heavy atom. The Morgan fingerprint density at radius 2 is 2.00 bits per heavy atom. The molecule has 0 bridgehead atoms. The molecule has 0 aliphatic heterocycles. The molecular formula is C11H14NO. The Balaban J connectivity index is 2.40. The van der Waals surface area contributed by atoms with Gasteiger partial charge < -0.3 is 0 Å². The van der Waals surface area contributed by atoms with Crippen molar-refractivity contribution in [2.45, 2.75) is 19.8 Å². The third-order valence-electron chi connectivity index (χ3n) is 1.79. The molecule has 0 unspecified atom stereocenters. The number of rotatable bonds is 4. The summed E-state index contributed by atoms with van der Waals surface area (Å²) in [5.41, 5.74) is 0.679. The molecule has 0 N–H and O–H groups in total. The molecule has 0 aromatic heterocycles. The number of unbranched alkanes of at least 4 members (excludes halogenated alkanes) is 1. The monoisotopic (exact) mass is 176 g/mol. The van der Waals surface area contributed by atoms with E-state index in [9.17, 15) is 4.79 Å². The molecule has 1 radical (unpaired) electrons. The predicted octanol–water partition coefficient (Wildman–Crippen LogP) is 2.23. The van der Waals surface area contributed by atoms with Crippen molar-refractivity contribution in [1.29, 1.82) is 0 Å². The largest absolute Gasteiger partial charge is 0.272 e. The topological polar surface area (TPSA) is 31.2 Å². The molecule has 0 saturated heterocycles. The number of nitrogens with zero attached hydrogens (tertiary/aromatic N) is 1. The highest BCUT2D eigenvalue weighted by atomic mass is 16.1. The summed E-state index contributed by atoms with van der Waals surface area (Å²) in [5.74, 6) is -0.103. The minimum absolute atomic E-state index is 0.103. The number of carbonyl (C=O) groups excluding carboxylic acids is 1. The van der Waals surface area contributed by atoms with Gasteiger partial charge in [0.05, 0.1) is 0 Å². The summed E-state index contributed by atoms with van der Waals surface area (Å²) in [5, 5.41) is 3.95. The van der Waals surface area contributed by atoms with Crippen LogP contribution >= 0.6 is 0 Å². The summed E-state index contributed by atoms with van der Waals surface area (Å²) in [6.45, 7) is 2.73. The van der Waals surface area contributed by atoms with Crippen LogP contribution in [0.3, 0.4) is 0 Å². The third kappa shape index (κ3) is 3.28. The second-order valence-corrected chi connectivity index (χ2v) is 2.91. The van der Waals surface area contributed by atoms with E-state index in [0.29, 0.717) is 12.1 Å². The van der Waals surface area contributed by atoms with Crippen molar-refractivity contribution in [3.05, 3.63) is 35.9 Å². The molecule has 0 aliphatic rings. The molecule has 1 aromatic rings. The molecule has 0 saturated carbocycles. The Morgan fingerprint density at radius 3 is 2.62 bits per heavy atom. The Hall–Kier alpha value is -1.31. The van der Waals surface area contributed by atoms with Gasteiger partial charge in [-0.2, -0.15) is 0 Å². The van der Waals surface area contributed by atoms with Gasteiger partial charge in [0.15, 0.2) is 0 Å². The maximum absolute atomic E-state index is 11.4. The average Bonchev–Trinajstić information content (AvgIpc) is 2.19. The fourth-order valence-electron chi connectivity index (χ4n) is 1.01. The second-order valence-electron chi connectivity index (χ2n) is 2.91. The van der Waals surface area contributed by atoms with Crippen LogP contribution in [0.25, 0.3) is 0 Å². The van der Waals surface area contributed by atoms with Crippen LogP contribution in [0, 0.1) is 0 Å². The molecule has 0 atom stereocenters. The summed E-state index contributed by atoms with van der Waals surface area (Å²) >= 11 is 0. The SMILES string of the molecule is CCCC[N]C(=O)c1ccccc1. The van der Waals surface area contributed by atoms with Gasteiger partial charge in [-0.15, -0.1) is 0 Å². The van der Waals surface area contributed by atoms with Crippen molar-refractivity contribution in [2.24, 2.45) is 0 Å². The molecule has 2 nitrogen and oxygen atoms in total. The number of amides is 1. The van der Waals surface area contributed by atoms with E-state index in [1.54, 1.807) is 12.1 Å². The van der Waals surface area contributed by atoms with Gasteiger partial charge in [-0.25, -0.2) is 5.32 Å². The first kappa shape index (κ1) is 9.78. The highest BCUT2D eigenvalue weighted by Gasteiger charge is 2.03. The number of hydrogen-bond donors (Lipinski definition) is 0. The molecule has 1 rings (SSSR count). The van der Waals surface area contributed by atoms with Crippen molar-refractivity contribution >= 4 is 5.91 Å². The van der Waals surface area contributed by atoms with Crippen LogP contribution in [0.5, 0.6) is 0 Å². The fraction of sp³-hybridized carbons (Fsp3) is 0.364. The minimum atomic E-state index is -0.103. The van der Waals surface area contributed by atoms with Gasteiger partial charge in [-0.3, -0.25) is 4.79 Å². The lowest BCUT2D eigenvalue weighted by Crippen LogP contribution is -2.16. The minimum Gasteiger partial charge on any atom is -0.267 e. The van der Waals surface area contributed by atoms with Gasteiger partial charge in [0.2, 0.25) is 0 Å². The maximum atomic E-state index is 11.4. The van der Waals surface area contributed by atoms with Gasteiger partial charge >= 0.3 is 0 Å². The average molecular weight is 176 g/mol. The Labute approximate surface area is 79.0 Å². The zero-order valence-corrected chi connectivity index (χ0v) is 7.86. The maximum Gasteiger partial charge on any atom is 0.272 e. The lowest BCUT2D eigenvalue weighted by molar-refractivity contribution is 0.0948. The highest BCUT2D eigenvalue weighted by molar-refractivity contribution is 5.93. The van der Waals surface area contributed by atoms with Crippen LogP contribution < -0.4 is 5.32 Å². The van der Waals surface area contributed by atoms with E-state index in [-0.39, 0.29) is 5.91 Å². The van der Waals surface area contributed by atoms with E-state index in [1.807, 2.05) is 18.2 Å². The summed E-state index contributed by atoms with van der Waals surface area (Å²) in [7, 11) is 0. The lowest BCUT2D eigenvalue weighted by atomic mass is 10.2. The predicted molar refractivity (Wildman–Crippen MR) is 52.7 cm³/mol. The highest BCUT2D eigenvalue weighted by Crippen LogP contribution is 1.98. The molecule has 1 aromatic carbocycles. The van der Waals surface area contributed by atoms with Gasteiger partial charge in [0.25, 0.3) is 5.91 Å². The second kappa shape index (κ2) is 5.36. The van der Waals surface area contributed by atoms with Crippen molar-refractivity contribution in [3.8, 4) is 0 Å². The molecule has 0 fully saturated rings. The smallest absolute Gasteiger partial charge is 0.267 e. The van der Waals surface area contributed by atoms with Crippen molar-refractivity contribution in [3.63, 3.8) is 0 Å². The van der Waals surface area contributed by atoms with E-state index >= 15 is 0 Å². The van der Waals surface area contributed by atoms with Crippen molar-refractivity contribution in [1.82, 2.24) is 5.32 Å². The van der Waals surface area contributed by atoms with Crippen LogP contribution in [-0.2, 0) is 0 Å². The van der Waals surface area contributed by atoms with Crippen LogP contribution in [0.2, 0.25) is 0 Å². The molecular weight excluding hydrogens is 162 g/mol. The van der Waals surface area contributed by atoms with Gasteiger partial charge in [-0.05, 0) is 18.6 Å². The molecule has 69 valence electrons. The molecule has 2 heteroatoms. The van der Waals surface area contributed by atoms with Crippen LogP contribution in [0.15, 0.2) is 30.3 Å². The number of hydrogen-bond acceptors (Lipinski definition) is 1. The zero-order valence-electron chi connectivity index (χ0n) is 7.86. The summed E-state index contributed by atoms with van der Waals surface area (Å²) in [6, 6.07) is 9.17. The van der Waals surface area contributed by atoms with Crippen molar-refractivity contribution in [2.75, 3.05) is 6.54 Å². The molecule has 0 heterocycles.